The van der Waals surface area contributed by atoms with E-state index >= 15 is 0 Å². The van der Waals surface area contributed by atoms with Crippen molar-refractivity contribution in [3.05, 3.63) is 54.1 Å². The Morgan fingerprint density at radius 3 is 2.43 bits per heavy atom. The summed E-state index contributed by atoms with van der Waals surface area (Å²) >= 11 is 0. The van der Waals surface area contributed by atoms with Gasteiger partial charge >= 0.3 is 11.8 Å². The van der Waals surface area contributed by atoms with Gasteiger partial charge in [0.1, 0.15) is 0 Å². The van der Waals surface area contributed by atoms with Crippen LogP contribution < -0.4 is 14.4 Å². The molecule has 146 valence electrons. The second-order valence-electron chi connectivity index (χ2n) is 6.96. The van der Waals surface area contributed by atoms with Gasteiger partial charge in [0, 0.05) is 45.5 Å². The van der Waals surface area contributed by atoms with Crippen LogP contribution in [0.15, 0.2) is 48.5 Å². The van der Waals surface area contributed by atoms with Crippen LogP contribution in [0.2, 0.25) is 0 Å². The SMILES string of the molecule is CN(C(=O)C(=O)N1CCN(Cc2ccc3c(c2)OCO3)CC1)c1ccccc1. The number of piperazine rings is 1. The minimum atomic E-state index is -0.504. The second-order valence-corrected chi connectivity index (χ2v) is 6.96. The molecule has 2 amide bonds. The Bertz CT molecular complexity index is 863. The van der Waals surface area contributed by atoms with E-state index in [0.717, 1.165) is 36.7 Å². The molecule has 0 bridgehead atoms. The molecule has 28 heavy (non-hydrogen) atoms. The number of likely N-dealkylation sites (N-methyl/N-ethyl adjacent to an activating group) is 1. The van der Waals surface area contributed by atoms with Crippen LogP contribution in [0.3, 0.4) is 0 Å². The second kappa shape index (κ2) is 7.90. The van der Waals surface area contributed by atoms with Crippen LogP contribution in [0.25, 0.3) is 0 Å². The van der Waals surface area contributed by atoms with Crippen molar-refractivity contribution >= 4 is 17.5 Å². The van der Waals surface area contributed by atoms with E-state index in [1.54, 1.807) is 11.9 Å². The van der Waals surface area contributed by atoms with E-state index in [4.69, 9.17) is 9.47 Å². The maximum Gasteiger partial charge on any atom is 0.316 e. The summed E-state index contributed by atoms with van der Waals surface area (Å²) in [6.07, 6.45) is 0. The first-order valence-corrected chi connectivity index (χ1v) is 9.35. The molecule has 0 radical (unpaired) electrons. The number of nitrogens with zero attached hydrogens (tertiary/aromatic N) is 3. The quantitative estimate of drug-likeness (QED) is 0.758. The molecule has 7 heteroatoms. The van der Waals surface area contributed by atoms with Crippen LogP contribution in [0.4, 0.5) is 5.69 Å². The van der Waals surface area contributed by atoms with E-state index < -0.39 is 11.8 Å². The topological polar surface area (TPSA) is 62.3 Å². The summed E-state index contributed by atoms with van der Waals surface area (Å²) in [7, 11) is 1.63. The third-order valence-corrected chi connectivity index (χ3v) is 5.13. The Morgan fingerprint density at radius 2 is 1.68 bits per heavy atom. The number of benzene rings is 2. The molecule has 2 aromatic carbocycles. The molecule has 0 spiro atoms. The summed E-state index contributed by atoms with van der Waals surface area (Å²) in [5.41, 5.74) is 1.85. The standard InChI is InChI=1S/C21H23N3O4/c1-22(17-5-3-2-4-6-17)20(25)21(26)24-11-9-23(10-12-24)14-16-7-8-18-19(13-16)28-15-27-18/h2-8,13H,9-12,14-15H2,1H3. The van der Waals surface area contributed by atoms with Crippen molar-refractivity contribution in [2.75, 3.05) is 44.9 Å². The number of hydrogen-bond donors (Lipinski definition) is 0. The van der Waals surface area contributed by atoms with Gasteiger partial charge in [0.15, 0.2) is 11.5 Å². The minimum Gasteiger partial charge on any atom is -0.454 e. The van der Waals surface area contributed by atoms with Gasteiger partial charge < -0.3 is 19.3 Å². The van der Waals surface area contributed by atoms with Gasteiger partial charge in [0.2, 0.25) is 6.79 Å². The highest BCUT2D eigenvalue weighted by molar-refractivity contribution is 6.40. The van der Waals surface area contributed by atoms with E-state index in [0.29, 0.717) is 18.8 Å². The predicted octanol–water partition coefficient (Wildman–Crippen LogP) is 1.72. The van der Waals surface area contributed by atoms with Crippen LogP contribution in [-0.2, 0) is 16.1 Å². The molecule has 4 rings (SSSR count). The number of anilines is 1. The molecule has 2 aromatic rings. The van der Waals surface area contributed by atoms with E-state index in [9.17, 15) is 9.59 Å². The molecule has 0 N–H and O–H groups in total. The molecular formula is C21H23N3O4. The summed E-state index contributed by atoms with van der Waals surface area (Å²) in [5.74, 6) is 0.602. The molecule has 7 nitrogen and oxygen atoms in total. The molecule has 0 atom stereocenters. The van der Waals surface area contributed by atoms with E-state index in [1.165, 1.54) is 4.90 Å². The van der Waals surface area contributed by atoms with Gasteiger partial charge in [0.25, 0.3) is 0 Å². The van der Waals surface area contributed by atoms with Gasteiger partial charge in [-0.3, -0.25) is 14.5 Å². The first-order valence-electron chi connectivity index (χ1n) is 9.35. The Labute approximate surface area is 164 Å². The Morgan fingerprint density at radius 1 is 0.964 bits per heavy atom. The van der Waals surface area contributed by atoms with Gasteiger partial charge in [-0.1, -0.05) is 24.3 Å². The zero-order chi connectivity index (χ0) is 19.5. The first kappa shape index (κ1) is 18.3. The Kier molecular flexibility index (Phi) is 5.16. The maximum absolute atomic E-state index is 12.6. The van der Waals surface area contributed by atoms with Gasteiger partial charge in [-0.15, -0.1) is 0 Å². The lowest BCUT2D eigenvalue weighted by molar-refractivity contribution is -0.145. The third-order valence-electron chi connectivity index (χ3n) is 5.13. The fourth-order valence-corrected chi connectivity index (χ4v) is 3.45. The van der Waals surface area contributed by atoms with Gasteiger partial charge in [-0.2, -0.15) is 0 Å². The smallest absolute Gasteiger partial charge is 0.316 e. The lowest BCUT2D eigenvalue weighted by atomic mass is 10.1. The molecule has 0 aliphatic carbocycles. The highest BCUT2D eigenvalue weighted by Crippen LogP contribution is 2.32. The molecule has 0 aromatic heterocycles. The van der Waals surface area contributed by atoms with E-state index in [2.05, 4.69) is 4.90 Å². The van der Waals surface area contributed by atoms with Crippen molar-refractivity contribution in [3.63, 3.8) is 0 Å². The molecule has 2 heterocycles. The van der Waals surface area contributed by atoms with Crippen molar-refractivity contribution < 1.29 is 19.1 Å². The van der Waals surface area contributed by atoms with Crippen LogP contribution in [-0.4, -0.2) is 61.6 Å². The molecule has 1 saturated heterocycles. The summed E-state index contributed by atoms with van der Waals surface area (Å²) < 4.78 is 10.8. The average Bonchev–Trinajstić information content (AvgIpc) is 3.21. The molecular weight excluding hydrogens is 358 g/mol. The number of ether oxygens (including phenoxy) is 2. The molecule has 2 aliphatic rings. The molecule has 1 fully saturated rings. The van der Waals surface area contributed by atoms with Crippen molar-refractivity contribution in [2.24, 2.45) is 0 Å². The van der Waals surface area contributed by atoms with Crippen molar-refractivity contribution in [1.82, 2.24) is 9.80 Å². The average molecular weight is 381 g/mol. The van der Waals surface area contributed by atoms with Crippen molar-refractivity contribution in [2.45, 2.75) is 6.54 Å². The van der Waals surface area contributed by atoms with Gasteiger partial charge in [-0.05, 0) is 29.8 Å². The summed E-state index contributed by atoms with van der Waals surface area (Å²) in [5, 5.41) is 0. The fraction of sp³-hybridized carbons (Fsp3) is 0.333. The molecule has 0 saturated carbocycles. The lowest BCUT2D eigenvalue weighted by Gasteiger charge is -2.35. The van der Waals surface area contributed by atoms with Crippen molar-refractivity contribution in [1.29, 1.82) is 0 Å². The largest absolute Gasteiger partial charge is 0.454 e. The molecule has 0 unspecified atom stereocenters. The van der Waals surface area contributed by atoms with Crippen LogP contribution >= 0.6 is 0 Å². The van der Waals surface area contributed by atoms with Crippen molar-refractivity contribution in [3.8, 4) is 11.5 Å². The lowest BCUT2D eigenvalue weighted by Crippen LogP contribution is -2.52. The van der Waals surface area contributed by atoms with Crippen LogP contribution in [0.1, 0.15) is 5.56 Å². The van der Waals surface area contributed by atoms with E-state index in [1.807, 2.05) is 48.5 Å². The zero-order valence-corrected chi connectivity index (χ0v) is 15.8. The summed E-state index contributed by atoms with van der Waals surface area (Å²) in [6, 6.07) is 15.2. The predicted molar refractivity (Wildman–Crippen MR) is 104 cm³/mol. The van der Waals surface area contributed by atoms with E-state index in [-0.39, 0.29) is 6.79 Å². The normalized spacial score (nSPS) is 16.1. The van der Waals surface area contributed by atoms with Crippen LogP contribution in [0.5, 0.6) is 11.5 Å². The number of rotatable bonds is 3. The fourth-order valence-electron chi connectivity index (χ4n) is 3.45. The third kappa shape index (κ3) is 3.80. The first-order chi connectivity index (χ1) is 13.6. The Hall–Kier alpha value is -3.06. The number of hydrogen-bond acceptors (Lipinski definition) is 5. The maximum atomic E-state index is 12.6. The number of amides is 2. The number of fused-ring (bicyclic) bond motifs is 1. The van der Waals surface area contributed by atoms with Gasteiger partial charge in [0.05, 0.1) is 0 Å². The number of para-hydroxylation sites is 1. The number of carbonyl (C=O) groups is 2. The zero-order valence-electron chi connectivity index (χ0n) is 15.8. The summed E-state index contributed by atoms with van der Waals surface area (Å²) in [6.45, 7) is 3.57. The number of carbonyl (C=O) groups excluding carboxylic acids is 2. The molecule has 2 aliphatic heterocycles. The van der Waals surface area contributed by atoms with Gasteiger partial charge in [-0.25, -0.2) is 0 Å². The highest BCUT2D eigenvalue weighted by Gasteiger charge is 2.28. The monoisotopic (exact) mass is 381 g/mol. The van der Waals surface area contributed by atoms with Crippen LogP contribution in [0, 0.1) is 0 Å². The minimum absolute atomic E-state index is 0.269. The Balaban J connectivity index is 1.31. The highest BCUT2D eigenvalue weighted by atomic mass is 16.7. The summed E-state index contributed by atoms with van der Waals surface area (Å²) in [4.78, 5) is 30.4.